The van der Waals surface area contributed by atoms with Gasteiger partial charge in [0.15, 0.2) is 11.5 Å². The number of hydrogen-bond acceptors (Lipinski definition) is 8. The van der Waals surface area contributed by atoms with Gasteiger partial charge in [0.1, 0.15) is 18.2 Å². The van der Waals surface area contributed by atoms with Crippen molar-refractivity contribution >= 4 is 17.8 Å². The van der Waals surface area contributed by atoms with Gasteiger partial charge in [-0.05, 0) is 57.4 Å². The first-order valence-electron chi connectivity index (χ1n) is 12.1. The van der Waals surface area contributed by atoms with E-state index in [4.69, 9.17) is 30.1 Å². The van der Waals surface area contributed by atoms with Crippen LogP contribution in [0.5, 0.6) is 11.5 Å². The van der Waals surface area contributed by atoms with Crippen molar-refractivity contribution in [2.75, 3.05) is 26.9 Å². The molecule has 1 aromatic rings. The van der Waals surface area contributed by atoms with Crippen LogP contribution in [0, 0.1) is 17.2 Å². The zero-order chi connectivity index (χ0) is 27.6. The molecule has 3 atom stereocenters. The largest absolute Gasteiger partial charge is 0.490 e. The third-order valence-corrected chi connectivity index (χ3v) is 5.26. The van der Waals surface area contributed by atoms with Crippen LogP contribution in [-0.4, -0.2) is 50.4 Å². The van der Waals surface area contributed by atoms with E-state index in [1.54, 1.807) is 52.2 Å². The van der Waals surface area contributed by atoms with Crippen molar-refractivity contribution in [2.45, 2.75) is 46.3 Å². The van der Waals surface area contributed by atoms with Crippen molar-refractivity contribution in [3.8, 4) is 11.5 Å². The minimum Gasteiger partial charge on any atom is -0.490 e. The third kappa shape index (κ3) is 9.34. The smallest absolute Gasteiger partial charge is 0.426 e. The van der Waals surface area contributed by atoms with Crippen LogP contribution in [0.4, 0.5) is 4.79 Å². The van der Waals surface area contributed by atoms with Crippen molar-refractivity contribution in [3.63, 3.8) is 0 Å². The Morgan fingerprint density at radius 3 is 2.46 bits per heavy atom. The number of rotatable bonds is 11. The van der Waals surface area contributed by atoms with Crippen molar-refractivity contribution < 1.29 is 28.5 Å². The molecule has 1 aromatic carbocycles. The first-order chi connectivity index (χ1) is 17.4. The highest BCUT2D eigenvalue weighted by atomic mass is 16.6. The molecule has 1 aliphatic rings. The molecule has 2 rings (SSSR count). The molecule has 0 fully saturated rings. The summed E-state index contributed by atoms with van der Waals surface area (Å²) in [5, 5.41) is 11.0. The van der Waals surface area contributed by atoms with Crippen LogP contribution in [0.3, 0.4) is 0 Å². The summed E-state index contributed by atoms with van der Waals surface area (Å²) in [6.07, 6.45) is 4.71. The molecule has 0 saturated carbocycles. The molecule has 1 aliphatic carbocycles. The van der Waals surface area contributed by atoms with Crippen LogP contribution in [0.2, 0.25) is 0 Å². The molecule has 0 bridgehead atoms. The summed E-state index contributed by atoms with van der Waals surface area (Å²) < 4.78 is 21.7. The highest BCUT2D eigenvalue weighted by Crippen LogP contribution is 2.32. The fourth-order valence-electron chi connectivity index (χ4n) is 3.59. The van der Waals surface area contributed by atoms with E-state index in [-0.39, 0.29) is 17.7 Å². The third-order valence-electron chi connectivity index (χ3n) is 5.26. The van der Waals surface area contributed by atoms with Gasteiger partial charge in [0, 0.05) is 18.7 Å². The van der Waals surface area contributed by atoms with E-state index in [0.717, 1.165) is 0 Å². The molecule has 6 N–H and O–H groups in total. The molecule has 2 amide bonds. The topological polar surface area (TPSA) is 157 Å². The van der Waals surface area contributed by atoms with Gasteiger partial charge in [-0.25, -0.2) is 10.2 Å². The van der Waals surface area contributed by atoms with Gasteiger partial charge in [0.25, 0.3) is 5.91 Å². The second-order valence-electron chi connectivity index (χ2n) is 9.50. The Balaban J connectivity index is 2.32. The van der Waals surface area contributed by atoms with Gasteiger partial charge in [0.2, 0.25) is 0 Å². The molecular formula is C26H39N5O6. The number of ether oxygens (including phenoxy) is 4. The van der Waals surface area contributed by atoms with Crippen molar-refractivity contribution in [1.82, 2.24) is 16.2 Å². The molecule has 0 aliphatic heterocycles. The number of allylic oxidation sites excluding steroid dienone is 2. The van der Waals surface area contributed by atoms with Crippen molar-refractivity contribution in [2.24, 2.45) is 17.6 Å². The van der Waals surface area contributed by atoms with Crippen LogP contribution in [0.1, 0.15) is 46.2 Å². The van der Waals surface area contributed by atoms with Crippen LogP contribution in [0.25, 0.3) is 0 Å². The lowest BCUT2D eigenvalue weighted by Crippen LogP contribution is -2.48. The molecular weight excluding hydrogens is 478 g/mol. The summed E-state index contributed by atoms with van der Waals surface area (Å²) in [5.74, 6) is 0.249. The summed E-state index contributed by atoms with van der Waals surface area (Å²) >= 11 is 0. The van der Waals surface area contributed by atoms with Crippen LogP contribution in [0.15, 0.2) is 42.1 Å². The number of nitrogens with two attached hydrogens (primary N) is 1. The Morgan fingerprint density at radius 2 is 1.86 bits per heavy atom. The Morgan fingerprint density at radius 1 is 1.14 bits per heavy atom. The molecule has 0 aromatic heterocycles. The predicted molar refractivity (Wildman–Crippen MR) is 140 cm³/mol. The zero-order valence-corrected chi connectivity index (χ0v) is 22.3. The van der Waals surface area contributed by atoms with E-state index in [9.17, 15) is 9.59 Å². The van der Waals surface area contributed by atoms with E-state index in [0.29, 0.717) is 42.6 Å². The summed E-state index contributed by atoms with van der Waals surface area (Å²) in [4.78, 5) is 25.4. The lowest BCUT2D eigenvalue weighted by molar-refractivity contribution is -0.124. The predicted octanol–water partition coefficient (Wildman–Crippen LogP) is 2.94. The monoisotopic (exact) mass is 517 g/mol. The number of amides is 2. The first-order valence-corrected chi connectivity index (χ1v) is 12.1. The molecule has 11 heteroatoms. The highest BCUT2D eigenvalue weighted by molar-refractivity contribution is 5.85. The highest BCUT2D eigenvalue weighted by Gasteiger charge is 2.26. The number of nitrogens with one attached hydrogen (secondary N) is 4. The van der Waals surface area contributed by atoms with E-state index >= 15 is 0 Å². The average molecular weight is 518 g/mol. The quantitative estimate of drug-likeness (QED) is 0.130. The van der Waals surface area contributed by atoms with Gasteiger partial charge in [-0.3, -0.25) is 15.6 Å². The fourth-order valence-corrected chi connectivity index (χ4v) is 3.59. The lowest BCUT2D eigenvalue weighted by Gasteiger charge is -2.26. The SMILES string of the molecule is CCOc1cc(C(NC2=CC(C)C(C(=N)N)C=C2)C(=O)NNC(=O)OC(C)(C)C)ccc1OCCOC. The first kappa shape index (κ1) is 29.5. The van der Waals surface area contributed by atoms with Crippen molar-refractivity contribution in [3.05, 3.63) is 47.7 Å². The summed E-state index contributed by atoms with van der Waals surface area (Å²) in [6, 6.07) is 4.26. The lowest BCUT2D eigenvalue weighted by atomic mass is 9.88. The normalized spacial score (nSPS) is 17.7. The molecule has 3 unspecified atom stereocenters. The molecule has 0 heterocycles. The molecule has 204 valence electrons. The van der Waals surface area contributed by atoms with Gasteiger partial charge in [0.05, 0.1) is 19.0 Å². The van der Waals surface area contributed by atoms with E-state index < -0.39 is 23.6 Å². The second kappa shape index (κ2) is 13.5. The molecule has 0 spiro atoms. The Hall–Kier alpha value is -3.73. The Labute approximate surface area is 218 Å². The average Bonchev–Trinajstić information content (AvgIpc) is 2.81. The van der Waals surface area contributed by atoms with Gasteiger partial charge < -0.3 is 30.0 Å². The summed E-state index contributed by atoms with van der Waals surface area (Å²) in [7, 11) is 1.59. The number of amidine groups is 1. The number of methoxy groups -OCH3 is 1. The number of carbonyl (C=O) groups excluding carboxylic acids is 2. The van der Waals surface area contributed by atoms with E-state index in [1.165, 1.54) is 0 Å². The van der Waals surface area contributed by atoms with Gasteiger partial charge in [-0.15, -0.1) is 0 Å². The maximum absolute atomic E-state index is 13.3. The van der Waals surface area contributed by atoms with E-state index in [1.807, 2.05) is 26.0 Å². The molecule has 37 heavy (non-hydrogen) atoms. The van der Waals surface area contributed by atoms with Gasteiger partial charge in [-0.1, -0.05) is 25.1 Å². The van der Waals surface area contributed by atoms with Crippen LogP contribution < -0.4 is 31.4 Å². The summed E-state index contributed by atoms with van der Waals surface area (Å²) in [5.41, 5.74) is 10.9. The van der Waals surface area contributed by atoms with Crippen LogP contribution in [-0.2, 0) is 14.3 Å². The van der Waals surface area contributed by atoms with Gasteiger partial charge in [-0.2, -0.15) is 0 Å². The number of benzene rings is 1. The maximum atomic E-state index is 13.3. The zero-order valence-electron chi connectivity index (χ0n) is 22.3. The standard InChI is InChI=1S/C26H39N5O6/c1-7-35-21-15-17(8-11-20(21)36-13-12-34-6)22(24(32)30-31-25(33)37-26(3,4)5)29-18-9-10-19(23(27)28)16(2)14-18/h8-11,14-16,19,22,29H,7,12-13H2,1-6H3,(H3,27,28)(H,30,32)(H,31,33). The minimum absolute atomic E-state index is 0.0517. The maximum Gasteiger partial charge on any atom is 0.426 e. The number of carbonyl (C=O) groups is 2. The summed E-state index contributed by atoms with van der Waals surface area (Å²) in [6.45, 7) is 10.1. The van der Waals surface area contributed by atoms with Crippen LogP contribution >= 0.6 is 0 Å². The Kier molecular flexibility index (Phi) is 10.8. The molecule has 11 nitrogen and oxygen atoms in total. The van der Waals surface area contributed by atoms with Crippen molar-refractivity contribution in [1.29, 1.82) is 5.41 Å². The van der Waals surface area contributed by atoms with E-state index in [2.05, 4.69) is 16.2 Å². The second-order valence-corrected chi connectivity index (χ2v) is 9.50. The number of hydrogen-bond donors (Lipinski definition) is 5. The fraction of sp³-hybridized carbons (Fsp3) is 0.500. The molecule has 0 radical (unpaired) electrons. The van der Waals surface area contributed by atoms with Gasteiger partial charge >= 0.3 is 6.09 Å². The molecule has 0 saturated heterocycles. The Bertz CT molecular complexity index is 1020. The number of hydrazine groups is 1. The minimum atomic E-state index is -0.917.